The first-order valence-electron chi connectivity index (χ1n) is 6.98. The van der Waals surface area contributed by atoms with Crippen LogP contribution in [0.4, 0.5) is 22.7 Å². The second-order valence-corrected chi connectivity index (χ2v) is 6.76. The molecule has 0 amide bonds. The van der Waals surface area contributed by atoms with Crippen molar-refractivity contribution in [2.45, 2.75) is 0 Å². The zero-order chi connectivity index (χ0) is 21.0. The predicted octanol–water partition coefficient (Wildman–Crippen LogP) is 5.35. The Labute approximate surface area is 178 Å². The number of nitrogens with zero attached hydrogens (tertiary/aromatic N) is 3. The van der Waals surface area contributed by atoms with Crippen molar-refractivity contribution >= 4 is 61.8 Å². The third kappa shape index (κ3) is 4.90. The average molecular weight is 517 g/mol. The number of nitrogens with two attached hydrogens (primary N) is 2. The Morgan fingerprint density at radius 1 is 0.964 bits per heavy atom. The van der Waals surface area contributed by atoms with Gasteiger partial charge in [0.05, 0.1) is 37.3 Å². The minimum atomic E-state index is -0.739. The van der Waals surface area contributed by atoms with Gasteiger partial charge in [-0.2, -0.15) is 13.4 Å². The van der Waals surface area contributed by atoms with Crippen LogP contribution in [0, 0.1) is 23.3 Å². The Balaban J connectivity index is 0.000000203. The van der Waals surface area contributed by atoms with E-state index in [-0.39, 0.29) is 38.0 Å². The second-order valence-electron chi connectivity index (χ2n) is 4.86. The molecule has 2 aromatic carbocycles. The van der Waals surface area contributed by atoms with Crippen LogP contribution in [0.3, 0.4) is 0 Å². The van der Waals surface area contributed by atoms with E-state index in [1.54, 1.807) is 0 Å². The number of aromatic nitrogens is 2. The monoisotopic (exact) mass is 515 g/mol. The highest BCUT2D eigenvalue weighted by atomic mass is 79.9. The molecule has 0 saturated heterocycles. The Morgan fingerprint density at radius 2 is 1.50 bits per heavy atom. The van der Waals surface area contributed by atoms with Gasteiger partial charge in [0.15, 0.2) is 11.0 Å². The molecule has 1 heterocycles. The maximum Gasteiger partial charge on any atom is 0.200 e. The van der Waals surface area contributed by atoms with Crippen molar-refractivity contribution < 1.29 is 17.6 Å². The van der Waals surface area contributed by atoms with Gasteiger partial charge < -0.3 is 11.5 Å². The molecule has 5 nitrogen and oxygen atoms in total. The van der Waals surface area contributed by atoms with Gasteiger partial charge in [0.25, 0.3) is 0 Å². The van der Waals surface area contributed by atoms with Crippen LogP contribution in [0.25, 0.3) is 11.4 Å². The Hall–Kier alpha value is -1.95. The van der Waals surface area contributed by atoms with Crippen molar-refractivity contribution in [3.63, 3.8) is 0 Å². The minimum Gasteiger partial charge on any atom is -0.383 e. The summed E-state index contributed by atoms with van der Waals surface area (Å²) in [5.41, 5.74) is 10.2. The molecular formula is C15H8BrCl2F4N5S. The first-order chi connectivity index (χ1) is 13.2. The highest BCUT2D eigenvalue weighted by molar-refractivity contribution is 9.08. The minimum absolute atomic E-state index is 0.000463. The maximum absolute atomic E-state index is 13.4. The van der Waals surface area contributed by atoms with Gasteiger partial charge in [0, 0.05) is 11.5 Å². The number of rotatable bonds is 2. The predicted molar refractivity (Wildman–Crippen MR) is 106 cm³/mol. The smallest absolute Gasteiger partial charge is 0.200 e. The van der Waals surface area contributed by atoms with Gasteiger partial charge in [-0.25, -0.2) is 17.6 Å². The van der Waals surface area contributed by atoms with Gasteiger partial charge in [-0.3, -0.25) is 0 Å². The quantitative estimate of drug-likeness (QED) is 0.208. The van der Waals surface area contributed by atoms with Crippen molar-refractivity contribution in [2.75, 3.05) is 5.73 Å². The summed E-state index contributed by atoms with van der Waals surface area (Å²) in [6.07, 6.45) is 0. The lowest BCUT2D eigenvalue weighted by Gasteiger charge is -2.04. The number of hydrogen-bond donors (Lipinski definition) is 2. The van der Waals surface area contributed by atoms with Crippen LogP contribution in [-0.2, 0) is 0 Å². The zero-order valence-corrected chi connectivity index (χ0v) is 17.3. The molecule has 0 atom stereocenters. The van der Waals surface area contributed by atoms with Crippen molar-refractivity contribution in [2.24, 2.45) is 9.75 Å². The normalized spacial score (nSPS) is 11.2. The Morgan fingerprint density at radius 3 is 2.04 bits per heavy atom. The molecule has 0 spiro atoms. The lowest BCUT2D eigenvalue weighted by Crippen LogP contribution is -2.15. The van der Waals surface area contributed by atoms with E-state index in [9.17, 15) is 17.6 Å². The van der Waals surface area contributed by atoms with Crippen molar-refractivity contribution in [1.29, 1.82) is 0 Å². The average Bonchev–Trinajstić information content (AvgIpc) is 3.08. The van der Waals surface area contributed by atoms with E-state index >= 15 is 0 Å². The number of anilines is 1. The highest BCUT2D eigenvalue weighted by Gasteiger charge is 2.17. The molecule has 0 aliphatic carbocycles. The van der Waals surface area contributed by atoms with Crippen LogP contribution in [0.2, 0.25) is 10.0 Å². The zero-order valence-electron chi connectivity index (χ0n) is 13.4. The lowest BCUT2D eigenvalue weighted by molar-refractivity contribution is 0.598. The number of nitrogen functional groups attached to an aromatic ring is 1. The van der Waals surface area contributed by atoms with E-state index in [2.05, 4.69) is 29.5 Å². The largest absolute Gasteiger partial charge is 0.383 e. The summed E-state index contributed by atoms with van der Waals surface area (Å²) in [6, 6.07) is 3.76. The molecule has 0 aliphatic heterocycles. The molecule has 0 unspecified atom stereocenters. The third-order valence-corrected chi connectivity index (χ3v) is 4.76. The van der Waals surface area contributed by atoms with Crippen molar-refractivity contribution in [3.8, 4) is 11.4 Å². The van der Waals surface area contributed by atoms with Gasteiger partial charge in [-0.1, -0.05) is 23.2 Å². The fraction of sp³-hybridized carbons (Fsp3) is 0. The van der Waals surface area contributed by atoms with Crippen LogP contribution >= 0.6 is 50.9 Å². The molecule has 0 aliphatic rings. The van der Waals surface area contributed by atoms with E-state index in [1.165, 1.54) is 0 Å². The van der Waals surface area contributed by atoms with E-state index in [0.29, 0.717) is 0 Å². The summed E-state index contributed by atoms with van der Waals surface area (Å²) in [6.45, 7) is 0. The molecule has 28 heavy (non-hydrogen) atoms. The number of halogens is 7. The first kappa shape index (κ1) is 22.3. The summed E-state index contributed by atoms with van der Waals surface area (Å²) in [5.74, 6) is -3.06. The van der Waals surface area contributed by atoms with Crippen LogP contribution in [-0.4, -0.2) is 15.2 Å². The molecule has 3 aromatic rings. The highest BCUT2D eigenvalue weighted by Crippen LogP contribution is 2.31. The lowest BCUT2D eigenvalue weighted by atomic mass is 10.2. The maximum atomic E-state index is 13.4. The van der Waals surface area contributed by atoms with Gasteiger partial charge in [-0.05, 0) is 24.3 Å². The number of benzene rings is 2. The number of amidine groups is 1. The SMILES string of the molecule is NC(=NBr)c1c(F)ccc(F)c1Cl.Nc1nc(-c2c(F)ccc(F)c2Cl)ns1. The number of hydrogen-bond acceptors (Lipinski definition) is 5. The third-order valence-electron chi connectivity index (χ3n) is 3.10. The van der Waals surface area contributed by atoms with Crippen molar-refractivity contribution in [1.82, 2.24) is 9.36 Å². The van der Waals surface area contributed by atoms with E-state index in [0.717, 1.165) is 35.8 Å². The van der Waals surface area contributed by atoms with E-state index in [4.69, 9.17) is 34.7 Å². The summed E-state index contributed by atoms with van der Waals surface area (Å²) in [7, 11) is 0. The molecule has 0 saturated carbocycles. The molecule has 1 aromatic heterocycles. The molecule has 0 radical (unpaired) electrons. The van der Waals surface area contributed by atoms with Crippen LogP contribution in [0.1, 0.15) is 5.56 Å². The summed E-state index contributed by atoms with van der Waals surface area (Å²) < 4.78 is 59.4. The topological polar surface area (TPSA) is 90.2 Å². The summed E-state index contributed by atoms with van der Waals surface area (Å²) >= 11 is 14.6. The summed E-state index contributed by atoms with van der Waals surface area (Å²) in [4.78, 5) is 3.74. The second kappa shape index (κ2) is 9.50. The molecule has 3 rings (SSSR count). The molecule has 0 fully saturated rings. The van der Waals surface area contributed by atoms with Crippen LogP contribution in [0.5, 0.6) is 0 Å². The Bertz CT molecular complexity index is 1050. The molecule has 0 bridgehead atoms. The van der Waals surface area contributed by atoms with Gasteiger partial charge in [0.1, 0.15) is 29.1 Å². The molecule has 148 valence electrons. The van der Waals surface area contributed by atoms with Crippen LogP contribution in [0.15, 0.2) is 28.3 Å². The van der Waals surface area contributed by atoms with Crippen LogP contribution < -0.4 is 11.5 Å². The fourth-order valence-corrected chi connectivity index (χ4v) is 2.98. The van der Waals surface area contributed by atoms with Crippen molar-refractivity contribution in [3.05, 3.63) is 63.1 Å². The molecule has 13 heteroatoms. The molecular weight excluding hydrogens is 509 g/mol. The standard InChI is InChI=1S/C8H4ClF2N3S.C7H4BrClF2N2/c9-6-4(11)2-1-3(10)5(6)7-13-8(12)15-14-7;8-13-7(12)5-3(10)1-2-4(11)6(5)9/h1-2H,(H2,12,13,14);1-2H,(H2,12,13). The van der Waals surface area contributed by atoms with E-state index < -0.39 is 23.3 Å². The summed E-state index contributed by atoms with van der Waals surface area (Å²) in [5, 5.41) is -0.543. The first-order valence-corrected chi connectivity index (χ1v) is 9.22. The van der Waals surface area contributed by atoms with Gasteiger partial charge in [-0.15, -0.1) is 0 Å². The van der Waals surface area contributed by atoms with Gasteiger partial charge in [0.2, 0.25) is 0 Å². The van der Waals surface area contributed by atoms with E-state index in [1.807, 2.05) is 0 Å². The fourth-order valence-electron chi connectivity index (χ4n) is 1.87. The Kier molecular flexibility index (Phi) is 7.58. The molecule has 4 N–H and O–H groups in total. The van der Waals surface area contributed by atoms with Gasteiger partial charge >= 0.3 is 0 Å².